The predicted octanol–water partition coefficient (Wildman–Crippen LogP) is 1.18. The number of rotatable bonds is 6. The summed E-state index contributed by atoms with van der Waals surface area (Å²) in [6.45, 7) is -0.210. The van der Waals surface area contributed by atoms with Gasteiger partial charge in [-0.25, -0.2) is 4.79 Å². The third kappa shape index (κ3) is 6.72. The minimum atomic E-state index is -1.21. The fourth-order valence-corrected chi connectivity index (χ4v) is 1.44. The molecule has 0 spiro atoms. The number of thioether (sulfide) groups is 1. The van der Waals surface area contributed by atoms with Crippen LogP contribution in [0.25, 0.3) is 0 Å². The number of nitrogens with one attached hydrogen (secondary N) is 1. The van der Waals surface area contributed by atoms with Crippen molar-refractivity contribution in [2.24, 2.45) is 0 Å². The van der Waals surface area contributed by atoms with Gasteiger partial charge in [0.25, 0.3) is 0 Å². The average molecular weight is 226 g/mol. The number of alkyl halides is 1. The number of halogens is 1. The van der Waals surface area contributed by atoms with Crippen LogP contribution in [-0.2, 0) is 4.79 Å². The van der Waals surface area contributed by atoms with Gasteiger partial charge in [-0.3, -0.25) is 4.79 Å². The molecule has 0 saturated carbocycles. The molecule has 0 fully saturated rings. The van der Waals surface area contributed by atoms with Crippen molar-refractivity contribution in [3.8, 4) is 0 Å². The number of Topliss-reactive ketones (excluding diaryl/α,β-unsaturated/α-hetero) is 1. The van der Waals surface area contributed by atoms with E-state index in [1.54, 1.807) is 11.8 Å². The maximum absolute atomic E-state index is 11.1. The minimum absolute atomic E-state index is 0.210. The summed E-state index contributed by atoms with van der Waals surface area (Å²) >= 11 is 7.30. The molecule has 0 aliphatic heterocycles. The van der Waals surface area contributed by atoms with Crippen LogP contribution in [0.15, 0.2) is 0 Å². The van der Waals surface area contributed by atoms with Gasteiger partial charge in [0.05, 0.1) is 11.9 Å². The van der Waals surface area contributed by atoms with E-state index >= 15 is 0 Å². The van der Waals surface area contributed by atoms with Crippen LogP contribution >= 0.6 is 23.4 Å². The van der Waals surface area contributed by atoms with Crippen LogP contribution < -0.4 is 5.32 Å². The van der Waals surface area contributed by atoms with Gasteiger partial charge in [0.1, 0.15) is 0 Å². The monoisotopic (exact) mass is 225 g/mol. The molecule has 0 heterocycles. The molecule has 0 aliphatic rings. The zero-order chi connectivity index (χ0) is 10.3. The van der Waals surface area contributed by atoms with Gasteiger partial charge in [-0.2, -0.15) is 11.8 Å². The van der Waals surface area contributed by atoms with Crippen LogP contribution in [0.3, 0.4) is 0 Å². The first-order chi connectivity index (χ1) is 6.07. The van der Waals surface area contributed by atoms with Gasteiger partial charge in [0.15, 0.2) is 5.78 Å². The second kappa shape index (κ2) is 7.03. The molecule has 2 N–H and O–H groups in total. The summed E-state index contributed by atoms with van der Waals surface area (Å²) in [6, 6.07) is 0. The highest BCUT2D eigenvalue weighted by atomic mass is 35.5. The topological polar surface area (TPSA) is 66.4 Å². The Morgan fingerprint density at radius 2 is 2.23 bits per heavy atom. The van der Waals surface area contributed by atoms with Crippen LogP contribution in [0.5, 0.6) is 0 Å². The molecule has 76 valence electrons. The molecule has 6 heteroatoms. The molecule has 0 aromatic rings. The highest BCUT2D eigenvalue weighted by Crippen LogP contribution is 2.07. The summed E-state index contributed by atoms with van der Waals surface area (Å²) in [6.07, 6.45) is 1.29. The fraction of sp³-hybridized carbons (Fsp3) is 0.714. The molecule has 13 heavy (non-hydrogen) atoms. The lowest BCUT2D eigenvalue weighted by Crippen LogP contribution is -2.32. The van der Waals surface area contributed by atoms with Crippen molar-refractivity contribution >= 4 is 35.2 Å². The summed E-state index contributed by atoms with van der Waals surface area (Å²) in [4.78, 5) is 21.1. The lowest BCUT2D eigenvalue weighted by molar-refractivity contribution is -0.117. The number of hydrogen-bond donors (Lipinski definition) is 2. The normalized spacial score (nSPS) is 12.2. The van der Waals surface area contributed by atoms with E-state index in [4.69, 9.17) is 16.7 Å². The maximum Gasteiger partial charge on any atom is 0.405 e. The van der Waals surface area contributed by atoms with E-state index in [1.165, 1.54) is 0 Å². The molecular weight excluding hydrogens is 214 g/mol. The third-order valence-corrected chi connectivity index (χ3v) is 2.44. The van der Waals surface area contributed by atoms with Gasteiger partial charge >= 0.3 is 6.09 Å². The molecule has 0 unspecified atom stereocenters. The molecule has 0 aliphatic carbocycles. The van der Waals surface area contributed by atoms with Crippen molar-refractivity contribution in [1.29, 1.82) is 0 Å². The van der Waals surface area contributed by atoms with Crippen molar-refractivity contribution in [2.45, 2.75) is 11.8 Å². The van der Waals surface area contributed by atoms with Crippen LogP contribution in [0, 0.1) is 0 Å². The first kappa shape index (κ1) is 12.6. The Balaban J connectivity index is 3.63. The molecule has 0 saturated heterocycles. The Kier molecular flexibility index (Phi) is 6.80. The first-order valence-corrected chi connectivity index (χ1v) is 5.53. The Labute approximate surface area is 86.0 Å². The van der Waals surface area contributed by atoms with Crippen molar-refractivity contribution in [3.05, 3.63) is 0 Å². The molecular formula is C7H12ClNO3S. The summed E-state index contributed by atoms with van der Waals surface area (Å²) in [5.41, 5.74) is 0. The summed E-state index contributed by atoms with van der Waals surface area (Å²) in [7, 11) is 0. The quantitative estimate of drug-likeness (QED) is 0.667. The van der Waals surface area contributed by atoms with Gasteiger partial charge < -0.3 is 10.4 Å². The number of amides is 1. The van der Waals surface area contributed by atoms with Gasteiger partial charge in [-0.15, -0.1) is 11.6 Å². The Morgan fingerprint density at radius 3 is 2.69 bits per heavy atom. The zero-order valence-electron chi connectivity index (χ0n) is 7.25. The van der Waals surface area contributed by atoms with E-state index in [0.29, 0.717) is 6.42 Å². The van der Waals surface area contributed by atoms with Crippen LogP contribution in [-0.4, -0.2) is 40.9 Å². The minimum Gasteiger partial charge on any atom is -0.465 e. The number of carboxylic acid groups (broad SMARTS) is 1. The number of ketones is 1. The molecule has 0 aromatic heterocycles. The van der Waals surface area contributed by atoms with Gasteiger partial charge in [0, 0.05) is 0 Å². The number of carbonyl (C=O) groups excluding carboxylic acids is 1. The molecule has 0 aromatic carbocycles. The molecule has 1 atom stereocenters. The molecule has 4 nitrogen and oxygen atoms in total. The largest absolute Gasteiger partial charge is 0.465 e. The highest BCUT2D eigenvalue weighted by molar-refractivity contribution is 7.98. The van der Waals surface area contributed by atoms with E-state index in [0.717, 1.165) is 5.75 Å². The average Bonchev–Trinajstić information content (AvgIpc) is 2.10. The van der Waals surface area contributed by atoms with E-state index in [1.807, 2.05) is 11.6 Å². The van der Waals surface area contributed by atoms with Crippen LogP contribution in [0.4, 0.5) is 4.79 Å². The summed E-state index contributed by atoms with van der Waals surface area (Å²) in [5.74, 6) is 0.519. The van der Waals surface area contributed by atoms with Crippen molar-refractivity contribution in [1.82, 2.24) is 5.32 Å². The van der Waals surface area contributed by atoms with Crippen molar-refractivity contribution < 1.29 is 14.7 Å². The number of hydrogen-bond acceptors (Lipinski definition) is 3. The van der Waals surface area contributed by atoms with Gasteiger partial charge in [-0.05, 0) is 18.4 Å². The Bertz CT molecular complexity index is 189. The predicted molar refractivity (Wildman–Crippen MR) is 53.7 cm³/mol. The van der Waals surface area contributed by atoms with Gasteiger partial charge in [-0.1, -0.05) is 0 Å². The molecule has 0 rings (SSSR count). The lowest BCUT2D eigenvalue weighted by atomic mass is 10.2. The van der Waals surface area contributed by atoms with Crippen molar-refractivity contribution in [3.63, 3.8) is 0 Å². The standard InChI is InChI=1S/C7H12ClNO3S/c1-13-3-2-5(8)6(10)4-9-7(11)12/h5,9H,2-4H2,1H3,(H,11,12)/t5-/m0/s1. The maximum atomic E-state index is 11.1. The molecule has 1 amide bonds. The highest BCUT2D eigenvalue weighted by Gasteiger charge is 2.14. The van der Waals surface area contributed by atoms with Gasteiger partial charge in [0.2, 0.25) is 0 Å². The van der Waals surface area contributed by atoms with E-state index in [9.17, 15) is 9.59 Å². The SMILES string of the molecule is CSCC[C@H](Cl)C(=O)CNC(=O)O. The van der Waals surface area contributed by atoms with E-state index < -0.39 is 11.5 Å². The van der Waals surface area contributed by atoms with Crippen LogP contribution in [0.1, 0.15) is 6.42 Å². The number of carbonyl (C=O) groups is 2. The van der Waals surface area contributed by atoms with Crippen LogP contribution in [0.2, 0.25) is 0 Å². The molecule has 0 bridgehead atoms. The second-order valence-electron chi connectivity index (χ2n) is 2.37. The van der Waals surface area contributed by atoms with E-state index in [-0.39, 0.29) is 12.3 Å². The first-order valence-electron chi connectivity index (χ1n) is 3.70. The summed E-state index contributed by atoms with van der Waals surface area (Å²) < 4.78 is 0. The smallest absolute Gasteiger partial charge is 0.405 e. The van der Waals surface area contributed by atoms with E-state index in [2.05, 4.69) is 0 Å². The second-order valence-corrected chi connectivity index (χ2v) is 3.89. The Hall–Kier alpha value is -0.420. The lowest BCUT2D eigenvalue weighted by Gasteiger charge is -2.06. The summed E-state index contributed by atoms with van der Waals surface area (Å²) in [5, 5.41) is 9.60. The van der Waals surface area contributed by atoms with Crippen molar-refractivity contribution in [2.75, 3.05) is 18.6 Å². The third-order valence-electron chi connectivity index (χ3n) is 1.34. The fourth-order valence-electron chi connectivity index (χ4n) is 0.656. The zero-order valence-corrected chi connectivity index (χ0v) is 8.82. The molecule has 0 radical (unpaired) electrons. The Morgan fingerprint density at radius 1 is 1.62 bits per heavy atom.